The molecule has 5 nitrogen and oxygen atoms in total. The van der Waals surface area contributed by atoms with E-state index in [1.54, 1.807) is 0 Å². The number of benzene rings is 1. The van der Waals surface area contributed by atoms with Gasteiger partial charge in [0.25, 0.3) is 0 Å². The second-order valence-electron chi connectivity index (χ2n) is 9.96. The van der Waals surface area contributed by atoms with Crippen LogP contribution in [0, 0.1) is 35.5 Å². The Labute approximate surface area is 188 Å². The Morgan fingerprint density at radius 1 is 1.00 bits per heavy atom. The molecule has 0 unspecified atom stereocenters. The number of carboxylic acids is 1. The Hall–Kier alpha value is -1.82. The first-order chi connectivity index (χ1) is 14.8. The predicted molar refractivity (Wildman–Crippen MR) is 122 cm³/mol. The van der Waals surface area contributed by atoms with E-state index in [2.05, 4.69) is 5.32 Å². The van der Waals surface area contributed by atoms with Gasteiger partial charge in [-0.05, 0) is 74.2 Å². The first-order valence-electron chi connectivity index (χ1n) is 11.6. The Bertz CT molecular complexity index is 798. The van der Waals surface area contributed by atoms with Gasteiger partial charge in [0.2, 0.25) is 5.91 Å². The first kappa shape index (κ1) is 22.4. The molecule has 4 fully saturated rings. The van der Waals surface area contributed by atoms with Crippen LogP contribution in [0.25, 0.3) is 0 Å². The molecule has 4 bridgehead atoms. The number of hydrogen-bond donors (Lipinski definition) is 2. The van der Waals surface area contributed by atoms with Crippen LogP contribution >= 0.6 is 11.8 Å². The van der Waals surface area contributed by atoms with E-state index in [0.717, 1.165) is 17.4 Å². The minimum absolute atomic E-state index is 0.110. The molecular formula is C25H33NO4S. The number of carbonyl (C=O) groups is 3. The van der Waals surface area contributed by atoms with Crippen molar-refractivity contribution in [1.29, 1.82) is 0 Å². The van der Waals surface area contributed by atoms with Crippen molar-refractivity contribution in [2.45, 2.75) is 57.9 Å². The van der Waals surface area contributed by atoms with Gasteiger partial charge in [-0.25, -0.2) is 0 Å². The highest BCUT2D eigenvalue weighted by atomic mass is 32.2. The summed E-state index contributed by atoms with van der Waals surface area (Å²) < 4.78 is 0. The third kappa shape index (κ3) is 4.84. The quantitative estimate of drug-likeness (QED) is 0.625. The number of aliphatic carboxylic acids is 1. The van der Waals surface area contributed by atoms with Gasteiger partial charge in [-0.3, -0.25) is 14.4 Å². The Morgan fingerprint density at radius 2 is 1.58 bits per heavy atom. The number of nitrogens with one attached hydrogen (secondary N) is 1. The van der Waals surface area contributed by atoms with Crippen LogP contribution in [0.2, 0.25) is 0 Å². The van der Waals surface area contributed by atoms with Crippen molar-refractivity contribution in [2.75, 3.05) is 5.75 Å². The molecule has 4 aliphatic carbocycles. The van der Waals surface area contributed by atoms with Crippen LogP contribution in [-0.2, 0) is 14.4 Å². The van der Waals surface area contributed by atoms with E-state index in [9.17, 15) is 19.5 Å². The van der Waals surface area contributed by atoms with Crippen LogP contribution in [-0.4, -0.2) is 33.9 Å². The second kappa shape index (κ2) is 9.35. The van der Waals surface area contributed by atoms with Gasteiger partial charge < -0.3 is 10.4 Å². The summed E-state index contributed by atoms with van der Waals surface area (Å²) in [5.41, 5.74) is 1.02. The number of carbonyl (C=O) groups excluding carboxylic acids is 2. The molecule has 3 atom stereocenters. The molecule has 0 heterocycles. The summed E-state index contributed by atoms with van der Waals surface area (Å²) in [5.74, 6) is 1.31. The summed E-state index contributed by atoms with van der Waals surface area (Å²) in [7, 11) is 0. The van der Waals surface area contributed by atoms with Gasteiger partial charge in [0.15, 0.2) is 5.12 Å². The highest BCUT2D eigenvalue weighted by Gasteiger charge is 2.50. The molecule has 0 aliphatic heterocycles. The van der Waals surface area contributed by atoms with Gasteiger partial charge in [0.1, 0.15) is 6.04 Å². The van der Waals surface area contributed by atoms with Crippen LogP contribution in [0.15, 0.2) is 30.3 Å². The maximum atomic E-state index is 13.3. The number of amides is 1. The molecule has 0 saturated heterocycles. The third-order valence-electron chi connectivity index (χ3n) is 7.90. The molecule has 6 heteroatoms. The lowest BCUT2D eigenvalue weighted by Crippen LogP contribution is -2.47. The summed E-state index contributed by atoms with van der Waals surface area (Å²) >= 11 is 1.30. The molecule has 0 aromatic heterocycles. The lowest BCUT2D eigenvalue weighted by atomic mass is 9.52. The van der Waals surface area contributed by atoms with E-state index in [4.69, 9.17) is 0 Å². The fraction of sp³-hybridized carbons (Fsp3) is 0.640. The maximum absolute atomic E-state index is 13.3. The van der Waals surface area contributed by atoms with E-state index < -0.39 is 17.9 Å². The standard InChI is InChI=1S/C25H33NO4S/c1-14(18-6-4-3-5-7-18)21(23(27)26-15(2)24(28)29)13-31-25(30)22-19-9-16-8-17(11-19)12-20(22)10-16/h3-7,14-17,19-22H,8-13H2,1-2H3,(H,26,27)(H,28,29)/t14-,15-,16?,17?,19?,20?,21-,22?/m0/s1. The zero-order valence-corrected chi connectivity index (χ0v) is 19.1. The van der Waals surface area contributed by atoms with Crippen molar-refractivity contribution < 1.29 is 19.5 Å². The molecule has 0 radical (unpaired) electrons. The van der Waals surface area contributed by atoms with Gasteiger partial charge in [-0.2, -0.15) is 0 Å². The minimum Gasteiger partial charge on any atom is -0.480 e. The second-order valence-corrected chi connectivity index (χ2v) is 11.0. The third-order valence-corrected chi connectivity index (χ3v) is 8.98. The van der Waals surface area contributed by atoms with Gasteiger partial charge in [0.05, 0.1) is 5.92 Å². The van der Waals surface area contributed by atoms with Crippen molar-refractivity contribution in [3.05, 3.63) is 35.9 Å². The number of rotatable bonds is 8. The molecule has 1 aromatic rings. The van der Waals surface area contributed by atoms with E-state index in [1.807, 2.05) is 37.3 Å². The smallest absolute Gasteiger partial charge is 0.325 e. The Morgan fingerprint density at radius 3 is 2.13 bits per heavy atom. The van der Waals surface area contributed by atoms with Crippen molar-refractivity contribution >= 4 is 28.8 Å². The van der Waals surface area contributed by atoms with Crippen LogP contribution in [0.4, 0.5) is 0 Å². The molecule has 31 heavy (non-hydrogen) atoms. The Kier molecular flexibility index (Phi) is 6.75. The summed E-state index contributed by atoms with van der Waals surface area (Å²) in [6.07, 6.45) is 6.16. The predicted octanol–water partition coefficient (Wildman–Crippen LogP) is 4.33. The van der Waals surface area contributed by atoms with Crippen molar-refractivity contribution in [3.63, 3.8) is 0 Å². The lowest BCUT2D eigenvalue weighted by Gasteiger charge is -2.53. The molecule has 2 N–H and O–H groups in total. The first-order valence-corrected chi connectivity index (χ1v) is 12.6. The van der Waals surface area contributed by atoms with E-state index in [0.29, 0.717) is 17.6 Å². The van der Waals surface area contributed by atoms with Gasteiger partial charge in [-0.1, -0.05) is 49.0 Å². The largest absolute Gasteiger partial charge is 0.480 e. The molecular weight excluding hydrogens is 410 g/mol. The monoisotopic (exact) mass is 443 g/mol. The molecule has 5 rings (SSSR count). The Balaban J connectivity index is 1.44. The van der Waals surface area contributed by atoms with Crippen LogP contribution < -0.4 is 5.32 Å². The highest BCUT2D eigenvalue weighted by molar-refractivity contribution is 8.13. The minimum atomic E-state index is -1.06. The number of thioether (sulfide) groups is 1. The van der Waals surface area contributed by atoms with E-state index in [-0.39, 0.29) is 22.9 Å². The molecule has 4 saturated carbocycles. The molecule has 1 amide bonds. The summed E-state index contributed by atoms with van der Waals surface area (Å²) in [4.78, 5) is 37.5. The van der Waals surface area contributed by atoms with E-state index in [1.165, 1.54) is 50.8 Å². The van der Waals surface area contributed by atoms with Crippen LogP contribution in [0.1, 0.15) is 57.4 Å². The summed E-state index contributed by atoms with van der Waals surface area (Å²) in [6.45, 7) is 3.45. The highest BCUT2D eigenvalue weighted by Crippen LogP contribution is 2.57. The van der Waals surface area contributed by atoms with Crippen LogP contribution in [0.3, 0.4) is 0 Å². The van der Waals surface area contributed by atoms with Crippen molar-refractivity contribution in [3.8, 4) is 0 Å². The molecule has 1 aromatic carbocycles. The maximum Gasteiger partial charge on any atom is 0.325 e. The lowest BCUT2D eigenvalue weighted by molar-refractivity contribution is -0.141. The van der Waals surface area contributed by atoms with Crippen molar-refractivity contribution in [1.82, 2.24) is 5.32 Å². The average molecular weight is 444 g/mol. The topological polar surface area (TPSA) is 83.5 Å². The molecule has 0 spiro atoms. The SMILES string of the molecule is C[C@H](NC(=O)[C@@H](CSC(=O)C1C2CC3CC(C2)CC1C3)[C@@H](C)c1ccccc1)C(=O)O. The fourth-order valence-corrected chi connectivity index (χ4v) is 7.76. The molecule has 168 valence electrons. The van der Waals surface area contributed by atoms with Crippen molar-refractivity contribution in [2.24, 2.45) is 35.5 Å². The normalized spacial score (nSPS) is 31.6. The summed E-state index contributed by atoms with van der Waals surface area (Å²) in [5, 5.41) is 12.1. The van der Waals surface area contributed by atoms with Gasteiger partial charge >= 0.3 is 5.97 Å². The van der Waals surface area contributed by atoms with Crippen LogP contribution in [0.5, 0.6) is 0 Å². The average Bonchev–Trinajstić information content (AvgIpc) is 2.73. The number of hydrogen-bond acceptors (Lipinski definition) is 4. The summed E-state index contributed by atoms with van der Waals surface area (Å²) in [6, 6.07) is 8.82. The zero-order chi connectivity index (χ0) is 22.1. The number of carboxylic acid groups (broad SMARTS) is 1. The fourth-order valence-electron chi connectivity index (χ4n) is 6.40. The van der Waals surface area contributed by atoms with E-state index >= 15 is 0 Å². The zero-order valence-electron chi connectivity index (χ0n) is 18.3. The molecule has 4 aliphatic rings. The van der Waals surface area contributed by atoms with Gasteiger partial charge in [0, 0.05) is 11.7 Å². The van der Waals surface area contributed by atoms with Gasteiger partial charge in [-0.15, -0.1) is 0 Å².